The summed E-state index contributed by atoms with van der Waals surface area (Å²) in [6, 6.07) is 7.50. The van der Waals surface area contributed by atoms with Gasteiger partial charge in [-0.2, -0.15) is 0 Å². The maximum absolute atomic E-state index is 12.5. The summed E-state index contributed by atoms with van der Waals surface area (Å²) in [5.41, 5.74) is 8.03. The second-order valence-corrected chi connectivity index (χ2v) is 6.56. The zero-order valence-corrected chi connectivity index (χ0v) is 15.0. The number of carbonyl (C=O) groups is 1. The molecule has 3 rings (SSSR count). The summed E-state index contributed by atoms with van der Waals surface area (Å²) < 4.78 is 11.4. The van der Waals surface area contributed by atoms with Crippen LogP contribution in [0.1, 0.15) is 35.7 Å². The first-order valence-corrected chi connectivity index (χ1v) is 8.67. The average Bonchev–Trinajstić information content (AvgIpc) is 3.18. The number of amides is 1. The molecule has 0 saturated carbocycles. The summed E-state index contributed by atoms with van der Waals surface area (Å²) in [6.45, 7) is 6.93. The maximum Gasteiger partial charge on any atom is 0.260 e. The zero-order chi connectivity index (χ0) is 18.0. The molecule has 3 heterocycles. The van der Waals surface area contributed by atoms with Gasteiger partial charge in [0, 0.05) is 24.8 Å². The van der Waals surface area contributed by atoms with Crippen LogP contribution in [0.4, 0.5) is 0 Å². The standard InChI is InChI=1S/C19H25N3O3/c1-4-16-18(7-5-12(2)21-16)24-11-19(23)22-9-14(15(20)10-22)17-8-6-13(3)25-17/h5-8,14-15H,4,9-11,20H2,1-3H3/t14-,15-/m0/s1. The van der Waals surface area contributed by atoms with Crippen molar-refractivity contribution in [3.05, 3.63) is 47.2 Å². The third-order valence-electron chi connectivity index (χ3n) is 4.60. The fourth-order valence-electron chi connectivity index (χ4n) is 3.20. The molecular weight excluding hydrogens is 318 g/mol. The fourth-order valence-corrected chi connectivity index (χ4v) is 3.20. The number of carbonyl (C=O) groups excluding carboxylic acids is 1. The SMILES string of the molecule is CCc1nc(C)ccc1OCC(=O)N1C[C@H](c2ccc(C)o2)[C@@H](N)C1. The molecule has 1 saturated heterocycles. The van der Waals surface area contributed by atoms with E-state index in [0.29, 0.717) is 18.8 Å². The molecule has 25 heavy (non-hydrogen) atoms. The van der Waals surface area contributed by atoms with Crippen molar-refractivity contribution in [1.82, 2.24) is 9.88 Å². The Morgan fingerprint density at radius 2 is 2.12 bits per heavy atom. The van der Waals surface area contributed by atoms with Crippen LogP contribution in [-0.2, 0) is 11.2 Å². The topological polar surface area (TPSA) is 81.6 Å². The van der Waals surface area contributed by atoms with Crippen LogP contribution in [-0.4, -0.2) is 41.5 Å². The molecule has 0 radical (unpaired) electrons. The quantitative estimate of drug-likeness (QED) is 0.900. The number of nitrogens with zero attached hydrogens (tertiary/aromatic N) is 2. The largest absolute Gasteiger partial charge is 0.482 e. The third-order valence-corrected chi connectivity index (χ3v) is 4.60. The predicted octanol–water partition coefficient (Wildman–Crippen LogP) is 2.19. The van der Waals surface area contributed by atoms with Gasteiger partial charge >= 0.3 is 0 Å². The van der Waals surface area contributed by atoms with E-state index in [-0.39, 0.29) is 24.5 Å². The summed E-state index contributed by atoms with van der Waals surface area (Å²) in [6.07, 6.45) is 0.764. The summed E-state index contributed by atoms with van der Waals surface area (Å²) in [5, 5.41) is 0. The second-order valence-electron chi connectivity index (χ2n) is 6.56. The van der Waals surface area contributed by atoms with Gasteiger partial charge in [0.05, 0.1) is 11.6 Å². The molecular formula is C19H25N3O3. The summed E-state index contributed by atoms with van der Waals surface area (Å²) in [4.78, 5) is 18.7. The van der Waals surface area contributed by atoms with Crippen molar-refractivity contribution in [2.24, 2.45) is 5.73 Å². The van der Waals surface area contributed by atoms with Crippen LogP contribution in [0.3, 0.4) is 0 Å². The minimum atomic E-state index is -0.123. The third kappa shape index (κ3) is 3.85. The number of rotatable bonds is 5. The highest BCUT2D eigenvalue weighted by Crippen LogP contribution is 2.28. The van der Waals surface area contributed by atoms with Gasteiger partial charge < -0.3 is 19.8 Å². The molecule has 134 valence electrons. The number of hydrogen-bond acceptors (Lipinski definition) is 5. The molecule has 2 N–H and O–H groups in total. The minimum absolute atomic E-state index is 0.00559. The molecule has 2 atom stereocenters. The van der Waals surface area contributed by atoms with Gasteiger partial charge in [0.25, 0.3) is 5.91 Å². The van der Waals surface area contributed by atoms with E-state index in [2.05, 4.69) is 4.98 Å². The van der Waals surface area contributed by atoms with E-state index in [0.717, 1.165) is 29.3 Å². The number of hydrogen-bond donors (Lipinski definition) is 1. The van der Waals surface area contributed by atoms with Gasteiger partial charge in [0.2, 0.25) is 0 Å². The number of ether oxygens (including phenoxy) is 1. The van der Waals surface area contributed by atoms with Crippen molar-refractivity contribution in [3.8, 4) is 5.75 Å². The number of aromatic nitrogens is 1. The summed E-state index contributed by atoms with van der Waals surface area (Å²) >= 11 is 0. The second kappa shape index (κ2) is 7.27. The monoisotopic (exact) mass is 343 g/mol. The van der Waals surface area contributed by atoms with Crippen LogP contribution in [0, 0.1) is 13.8 Å². The Morgan fingerprint density at radius 3 is 2.80 bits per heavy atom. The molecule has 6 heteroatoms. The fraction of sp³-hybridized carbons (Fsp3) is 0.474. The van der Waals surface area contributed by atoms with Crippen LogP contribution in [0.5, 0.6) is 5.75 Å². The lowest BCUT2D eigenvalue weighted by Gasteiger charge is -2.17. The molecule has 0 aromatic carbocycles. The van der Waals surface area contributed by atoms with Crippen LogP contribution in [0.15, 0.2) is 28.7 Å². The van der Waals surface area contributed by atoms with Crippen molar-refractivity contribution in [3.63, 3.8) is 0 Å². The van der Waals surface area contributed by atoms with Crippen LogP contribution in [0.2, 0.25) is 0 Å². The average molecular weight is 343 g/mol. The molecule has 0 unspecified atom stereocenters. The first-order chi connectivity index (χ1) is 12.0. The normalized spacial score (nSPS) is 20.1. The summed E-state index contributed by atoms with van der Waals surface area (Å²) in [7, 11) is 0. The van der Waals surface area contributed by atoms with Gasteiger partial charge in [-0.25, -0.2) is 0 Å². The van der Waals surface area contributed by atoms with Crippen molar-refractivity contribution in [1.29, 1.82) is 0 Å². The maximum atomic E-state index is 12.5. The lowest BCUT2D eigenvalue weighted by atomic mass is 10.0. The molecule has 1 aliphatic rings. The summed E-state index contributed by atoms with van der Waals surface area (Å²) in [5.74, 6) is 2.34. The number of pyridine rings is 1. The highest BCUT2D eigenvalue weighted by molar-refractivity contribution is 5.78. The van der Waals surface area contributed by atoms with Crippen LogP contribution in [0.25, 0.3) is 0 Å². The number of aryl methyl sites for hydroxylation is 3. The minimum Gasteiger partial charge on any atom is -0.482 e. The Labute approximate surface area is 148 Å². The van der Waals surface area contributed by atoms with Crippen molar-refractivity contribution >= 4 is 5.91 Å². The molecule has 1 aliphatic heterocycles. The van der Waals surface area contributed by atoms with E-state index in [4.69, 9.17) is 14.9 Å². The highest BCUT2D eigenvalue weighted by atomic mass is 16.5. The molecule has 0 aliphatic carbocycles. The predicted molar refractivity (Wildman–Crippen MR) is 94.6 cm³/mol. The number of furan rings is 1. The Kier molecular flexibility index (Phi) is 5.08. The Hall–Kier alpha value is -2.34. The van der Waals surface area contributed by atoms with E-state index < -0.39 is 0 Å². The molecule has 1 amide bonds. The molecule has 0 spiro atoms. The number of nitrogens with two attached hydrogens (primary N) is 1. The van der Waals surface area contributed by atoms with Crippen molar-refractivity contribution in [2.75, 3.05) is 19.7 Å². The van der Waals surface area contributed by atoms with E-state index in [1.807, 2.05) is 45.0 Å². The van der Waals surface area contributed by atoms with E-state index in [9.17, 15) is 4.79 Å². The Balaban J connectivity index is 1.61. The van der Waals surface area contributed by atoms with Gasteiger partial charge in [-0.15, -0.1) is 0 Å². The lowest BCUT2D eigenvalue weighted by Crippen LogP contribution is -2.35. The molecule has 6 nitrogen and oxygen atoms in total. The lowest BCUT2D eigenvalue weighted by molar-refractivity contribution is -0.132. The van der Waals surface area contributed by atoms with Gasteiger partial charge in [-0.1, -0.05) is 6.92 Å². The zero-order valence-electron chi connectivity index (χ0n) is 15.0. The van der Waals surface area contributed by atoms with Gasteiger partial charge in [-0.3, -0.25) is 9.78 Å². The van der Waals surface area contributed by atoms with Gasteiger partial charge in [-0.05, 0) is 44.5 Å². The molecule has 0 bridgehead atoms. The smallest absolute Gasteiger partial charge is 0.260 e. The number of likely N-dealkylation sites (tertiary alicyclic amines) is 1. The van der Waals surface area contributed by atoms with Crippen molar-refractivity contribution < 1.29 is 13.9 Å². The Morgan fingerprint density at radius 1 is 1.32 bits per heavy atom. The van der Waals surface area contributed by atoms with Crippen LogP contribution < -0.4 is 10.5 Å². The van der Waals surface area contributed by atoms with Crippen LogP contribution >= 0.6 is 0 Å². The molecule has 2 aromatic rings. The van der Waals surface area contributed by atoms with E-state index >= 15 is 0 Å². The first-order valence-electron chi connectivity index (χ1n) is 8.67. The first kappa shape index (κ1) is 17.5. The highest BCUT2D eigenvalue weighted by Gasteiger charge is 2.35. The molecule has 2 aromatic heterocycles. The van der Waals surface area contributed by atoms with Gasteiger partial charge in [0.1, 0.15) is 17.3 Å². The van der Waals surface area contributed by atoms with Crippen molar-refractivity contribution in [2.45, 2.75) is 39.2 Å². The van der Waals surface area contributed by atoms with E-state index in [1.165, 1.54) is 0 Å². The van der Waals surface area contributed by atoms with Gasteiger partial charge in [0.15, 0.2) is 6.61 Å². The van der Waals surface area contributed by atoms with E-state index in [1.54, 1.807) is 4.90 Å². The Bertz CT molecular complexity index is 756. The molecule has 1 fully saturated rings.